The smallest absolute Gasteiger partial charge is 0.277 e. The quantitative estimate of drug-likeness (QED) is 0.587. The van der Waals surface area contributed by atoms with Gasteiger partial charge < -0.3 is 5.73 Å². The maximum absolute atomic E-state index is 11.7. The van der Waals surface area contributed by atoms with Gasteiger partial charge in [0.15, 0.2) is 0 Å². The molecule has 0 amide bonds. The predicted octanol–water partition coefficient (Wildman–Crippen LogP) is 1.18. The second-order valence-corrected chi connectivity index (χ2v) is 1.81. The maximum Gasteiger partial charge on any atom is 0.277 e. The normalized spacial score (nSPS) is 14.5. The molecule has 0 heterocycles. The van der Waals surface area contributed by atoms with Crippen LogP contribution in [0.4, 0.5) is 8.78 Å². The molecule has 4 heteroatoms. The van der Waals surface area contributed by atoms with E-state index in [9.17, 15) is 8.78 Å². The van der Waals surface area contributed by atoms with Crippen molar-refractivity contribution in [2.75, 3.05) is 7.05 Å². The van der Waals surface area contributed by atoms with Gasteiger partial charge in [0.2, 0.25) is 0 Å². The first-order chi connectivity index (χ1) is 4.57. The fraction of sp³-hybridized carbons (Fsp3) is 0.500. The molecular formula is C6H10F2N2. The van der Waals surface area contributed by atoms with E-state index in [-0.39, 0.29) is 0 Å². The Bertz CT molecular complexity index is 161. The van der Waals surface area contributed by atoms with Gasteiger partial charge in [0.1, 0.15) is 0 Å². The molecule has 0 spiro atoms. The summed E-state index contributed by atoms with van der Waals surface area (Å²) in [4.78, 5) is 3.64. The zero-order valence-corrected chi connectivity index (χ0v) is 5.94. The molecule has 2 N–H and O–H groups in total. The molecule has 0 saturated heterocycles. The number of rotatable bonds is 2. The molecule has 0 unspecified atom stereocenters. The lowest BCUT2D eigenvalue weighted by molar-refractivity contribution is 0.188. The monoisotopic (exact) mass is 148 g/mol. The van der Waals surface area contributed by atoms with Crippen LogP contribution in [-0.4, -0.2) is 19.2 Å². The van der Waals surface area contributed by atoms with Crippen molar-refractivity contribution in [2.24, 2.45) is 10.7 Å². The van der Waals surface area contributed by atoms with Gasteiger partial charge in [0, 0.05) is 12.8 Å². The molecule has 0 fully saturated rings. The van der Waals surface area contributed by atoms with E-state index in [1.807, 2.05) is 0 Å². The Morgan fingerprint density at radius 3 is 2.40 bits per heavy atom. The van der Waals surface area contributed by atoms with Gasteiger partial charge in [-0.15, -0.1) is 0 Å². The average molecular weight is 148 g/mol. The Balaban J connectivity index is 4.17. The first-order valence-electron chi connectivity index (χ1n) is 2.76. The van der Waals surface area contributed by atoms with Crippen LogP contribution in [0.15, 0.2) is 16.8 Å². The van der Waals surface area contributed by atoms with Gasteiger partial charge in [-0.25, -0.2) is 8.78 Å². The number of alkyl halides is 2. The van der Waals surface area contributed by atoms with Crippen LogP contribution in [0.5, 0.6) is 0 Å². The van der Waals surface area contributed by atoms with Crippen LogP contribution in [-0.2, 0) is 0 Å². The summed E-state index contributed by atoms with van der Waals surface area (Å²) in [6, 6.07) is 0. The van der Waals surface area contributed by atoms with Crippen LogP contribution >= 0.6 is 0 Å². The zero-order chi connectivity index (χ0) is 8.15. The van der Waals surface area contributed by atoms with Gasteiger partial charge in [-0.2, -0.15) is 0 Å². The second kappa shape index (κ2) is 3.98. The molecule has 58 valence electrons. The minimum Gasteiger partial charge on any atom is -0.397 e. The molecule has 0 rings (SSSR count). The number of nitrogens with two attached hydrogens (primary N) is 1. The van der Waals surface area contributed by atoms with Crippen LogP contribution in [0.2, 0.25) is 0 Å². The summed E-state index contributed by atoms with van der Waals surface area (Å²) in [5, 5.41) is 0. The number of aliphatic imine (C=N–C) groups is 1. The Morgan fingerprint density at radius 1 is 1.60 bits per heavy atom. The fourth-order valence-electron chi connectivity index (χ4n) is 0.369. The molecule has 2 nitrogen and oxygen atoms in total. The third-order valence-electron chi connectivity index (χ3n) is 0.980. The lowest BCUT2D eigenvalue weighted by atomic mass is 10.3. The van der Waals surface area contributed by atoms with E-state index >= 15 is 0 Å². The van der Waals surface area contributed by atoms with Crippen LogP contribution in [0.25, 0.3) is 0 Å². The largest absolute Gasteiger partial charge is 0.397 e. The Labute approximate surface area is 58.4 Å². The molecule has 0 saturated carbocycles. The van der Waals surface area contributed by atoms with Gasteiger partial charge >= 0.3 is 0 Å². The SMILES string of the molecule is CN=C(C)C=C(N)C(F)F. The molecule has 0 aliphatic heterocycles. The van der Waals surface area contributed by atoms with E-state index in [1.54, 1.807) is 6.92 Å². The molecule has 0 bridgehead atoms. The summed E-state index contributed by atoms with van der Waals surface area (Å²) in [7, 11) is 1.52. The topological polar surface area (TPSA) is 38.4 Å². The molecular weight excluding hydrogens is 138 g/mol. The molecule has 0 radical (unpaired) electrons. The number of hydrogen-bond donors (Lipinski definition) is 1. The minimum atomic E-state index is -2.59. The fourth-order valence-corrected chi connectivity index (χ4v) is 0.369. The highest BCUT2D eigenvalue weighted by molar-refractivity contribution is 5.93. The van der Waals surface area contributed by atoms with E-state index in [0.29, 0.717) is 5.71 Å². The molecule has 0 aliphatic rings. The molecule has 0 atom stereocenters. The van der Waals surface area contributed by atoms with Gasteiger partial charge in [0.05, 0.1) is 5.70 Å². The third-order valence-corrected chi connectivity index (χ3v) is 0.980. The standard InChI is InChI=1S/C6H10F2N2/c1-4(10-2)3-5(9)6(7)8/h3,6H,9H2,1-2H3. The number of hydrogen-bond acceptors (Lipinski definition) is 2. The first-order valence-corrected chi connectivity index (χ1v) is 2.76. The third kappa shape index (κ3) is 3.17. The first kappa shape index (κ1) is 9.07. The molecule has 0 aliphatic carbocycles. The van der Waals surface area contributed by atoms with E-state index < -0.39 is 12.1 Å². The predicted molar refractivity (Wildman–Crippen MR) is 37.3 cm³/mol. The molecule has 0 aromatic heterocycles. The van der Waals surface area contributed by atoms with Gasteiger partial charge in [-0.05, 0) is 13.0 Å². The van der Waals surface area contributed by atoms with Gasteiger partial charge in [-0.1, -0.05) is 0 Å². The van der Waals surface area contributed by atoms with Crippen molar-refractivity contribution in [1.82, 2.24) is 0 Å². The zero-order valence-electron chi connectivity index (χ0n) is 5.94. The number of allylic oxidation sites excluding steroid dienone is 2. The van der Waals surface area contributed by atoms with Crippen molar-refractivity contribution in [1.29, 1.82) is 0 Å². The lowest BCUT2D eigenvalue weighted by Crippen LogP contribution is -2.09. The highest BCUT2D eigenvalue weighted by Gasteiger charge is 2.04. The summed E-state index contributed by atoms with van der Waals surface area (Å²) in [5.41, 5.74) is 4.98. The molecule has 10 heavy (non-hydrogen) atoms. The van der Waals surface area contributed by atoms with Gasteiger partial charge in [0.25, 0.3) is 6.43 Å². The highest BCUT2D eigenvalue weighted by atomic mass is 19.3. The van der Waals surface area contributed by atoms with Crippen molar-refractivity contribution in [2.45, 2.75) is 13.3 Å². The summed E-state index contributed by atoms with van der Waals surface area (Å²) in [5.74, 6) is 0. The van der Waals surface area contributed by atoms with Crippen molar-refractivity contribution < 1.29 is 8.78 Å². The van der Waals surface area contributed by atoms with Crippen LogP contribution < -0.4 is 5.73 Å². The van der Waals surface area contributed by atoms with E-state index in [1.165, 1.54) is 7.05 Å². The van der Waals surface area contributed by atoms with Crippen LogP contribution in [0.3, 0.4) is 0 Å². The highest BCUT2D eigenvalue weighted by Crippen LogP contribution is 2.00. The summed E-state index contributed by atoms with van der Waals surface area (Å²) < 4.78 is 23.4. The summed E-state index contributed by atoms with van der Waals surface area (Å²) in [6.45, 7) is 1.61. The van der Waals surface area contributed by atoms with Crippen LogP contribution in [0, 0.1) is 0 Å². The second-order valence-electron chi connectivity index (χ2n) is 1.81. The van der Waals surface area contributed by atoms with Crippen molar-refractivity contribution in [3.8, 4) is 0 Å². The van der Waals surface area contributed by atoms with Crippen LogP contribution in [0.1, 0.15) is 6.92 Å². The Morgan fingerprint density at radius 2 is 2.10 bits per heavy atom. The molecule has 0 aromatic carbocycles. The maximum atomic E-state index is 11.7. The summed E-state index contributed by atoms with van der Waals surface area (Å²) in [6.07, 6.45) is -1.43. The summed E-state index contributed by atoms with van der Waals surface area (Å²) >= 11 is 0. The van der Waals surface area contributed by atoms with Crippen molar-refractivity contribution in [3.63, 3.8) is 0 Å². The van der Waals surface area contributed by atoms with E-state index in [0.717, 1.165) is 6.08 Å². The average Bonchev–Trinajstić information content (AvgIpc) is 1.87. The van der Waals surface area contributed by atoms with Gasteiger partial charge in [-0.3, -0.25) is 4.99 Å². The molecule has 0 aromatic rings. The lowest BCUT2D eigenvalue weighted by Gasteiger charge is -1.96. The number of halogens is 2. The Hall–Kier alpha value is -0.930. The Kier molecular flexibility index (Phi) is 3.61. The van der Waals surface area contributed by atoms with Crippen molar-refractivity contribution >= 4 is 5.71 Å². The van der Waals surface area contributed by atoms with Crippen molar-refractivity contribution in [3.05, 3.63) is 11.8 Å². The van der Waals surface area contributed by atoms with E-state index in [2.05, 4.69) is 4.99 Å². The van der Waals surface area contributed by atoms with E-state index in [4.69, 9.17) is 5.73 Å². The number of nitrogens with zero attached hydrogens (tertiary/aromatic N) is 1. The minimum absolute atomic E-state index is 0.442.